The van der Waals surface area contributed by atoms with Gasteiger partial charge >= 0.3 is 0 Å². The number of fused-ring (bicyclic) bond motifs is 2. The standard InChI is InChI=1S/C26H32N6O3/c1-16-14-31(21-12-24(33)29(6)32-15-20(9-10-27)28-25(21)32)17(2)13-30(16)18(3)19-7-8-22-23(11-19)35-26(4,5)34-22/h7-8,11-12,15-18H,9,13-14H2,1-6H3/t16-,17+,18?/m1/s1. The second-order valence-electron chi connectivity index (χ2n) is 10.2. The van der Waals surface area contributed by atoms with Gasteiger partial charge in [-0.1, -0.05) is 6.07 Å². The first-order chi connectivity index (χ1) is 16.6. The van der Waals surface area contributed by atoms with Crippen molar-refractivity contribution in [1.82, 2.24) is 19.1 Å². The Morgan fingerprint density at radius 2 is 1.91 bits per heavy atom. The monoisotopic (exact) mass is 476 g/mol. The molecule has 3 atom stereocenters. The minimum atomic E-state index is -0.643. The maximum absolute atomic E-state index is 12.7. The van der Waals surface area contributed by atoms with Crippen LogP contribution in [0.15, 0.2) is 35.3 Å². The lowest BCUT2D eigenvalue weighted by molar-refractivity contribution is -0.0431. The third kappa shape index (κ3) is 4.02. The Morgan fingerprint density at radius 1 is 1.17 bits per heavy atom. The molecule has 1 aromatic carbocycles. The van der Waals surface area contributed by atoms with Crippen LogP contribution in [0.5, 0.6) is 11.5 Å². The zero-order valence-electron chi connectivity index (χ0n) is 21.1. The maximum Gasteiger partial charge on any atom is 0.267 e. The van der Waals surface area contributed by atoms with E-state index in [0.29, 0.717) is 11.3 Å². The Bertz CT molecular complexity index is 1380. The number of piperazine rings is 1. The van der Waals surface area contributed by atoms with Gasteiger partial charge in [-0.3, -0.25) is 9.69 Å². The molecule has 0 amide bonds. The fourth-order valence-electron chi connectivity index (χ4n) is 5.30. The van der Waals surface area contributed by atoms with Crippen LogP contribution in [0, 0.1) is 11.3 Å². The molecule has 0 spiro atoms. The van der Waals surface area contributed by atoms with Gasteiger partial charge in [0.2, 0.25) is 5.79 Å². The van der Waals surface area contributed by atoms with E-state index in [2.05, 4.69) is 53.8 Å². The van der Waals surface area contributed by atoms with Gasteiger partial charge in [-0.25, -0.2) is 14.2 Å². The van der Waals surface area contributed by atoms with Crippen molar-refractivity contribution >= 4 is 11.3 Å². The molecular weight excluding hydrogens is 444 g/mol. The predicted octanol–water partition coefficient (Wildman–Crippen LogP) is 3.27. The Morgan fingerprint density at radius 3 is 2.66 bits per heavy atom. The van der Waals surface area contributed by atoms with Gasteiger partial charge < -0.3 is 14.4 Å². The molecule has 5 rings (SSSR count). The Hall–Kier alpha value is -3.51. The molecule has 9 heteroatoms. The van der Waals surface area contributed by atoms with E-state index in [0.717, 1.165) is 30.3 Å². The molecule has 2 aliphatic rings. The average molecular weight is 477 g/mol. The maximum atomic E-state index is 12.7. The Balaban J connectivity index is 1.42. The van der Waals surface area contributed by atoms with Crippen molar-refractivity contribution in [3.63, 3.8) is 0 Å². The summed E-state index contributed by atoms with van der Waals surface area (Å²) in [6.45, 7) is 12.0. The number of hydrogen-bond acceptors (Lipinski definition) is 7. The van der Waals surface area contributed by atoms with Gasteiger partial charge in [-0.2, -0.15) is 5.26 Å². The van der Waals surface area contributed by atoms with Crippen LogP contribution in [0.25, 0.3) is 5.65 Å². The van der Waals surface area contributed by atoms with Gasteiger partial charge in [0.25, 0.3) is 5.56 Å². The quantitative estimate of drug-likeness (QED) is 0.571. The molecule has 9 nitrogen and oxygen atoms in total. The first kappa shape index (κ1) is 23.2. The lowest BCUT2D eigenvalue weighted by atomic mass is 10.00. The van der Waals surface area contributed by atoms with Crippen LogP contribution < -0.4 is 19.9 Å². The number of nitriles is 1. The summed E-state index contributed by atoms with van der Waals surface area (Å²) in [4.78, 5) is 22.2. The molecule has 3 aromatic rings. The van der Waals surface area contributed by atoms with E-state index in [4.69, 9.17) is 14.7 Å². The molecule has 35 heavy (non-hydrogen) atoms. The number of hydrogen-bond donors (Lipinski definition) is 0. The van der Waals surface area contributed by atoms with Crippen LogP contribution >= 0.6 is 0 Å². The van der Waals surface area contributed by atoms with Crippen LogP contribution in [-0.4, -0.2) is 50.0 Å². The highest BCUT2D eigenvalue weighted by molar-refractivity contribution is 5.69. The Kier molecular flexibility index (Phi) is 5.52. The summed E-state index contributed by atoms with van der Waals surface area (Å²) in [5, 5.41) is 9.12. The summed E-state index contributed by atoms with van der Waals surface area (Å²) in [6.07, 6.45) is 1.98. The number of aryl methyl sites for hydroxylation is 1. The normalized spacial score (nSPS) is 22.4. The topological polar surface area (TPSA) is 88.0 Å². The molecule has 4 heterocycles. The van der Waals surface area contributed by atoms with Gasteiger partial charge in [-0.15, -0.1) is 0 Å². The van der Waals surface area contributed by atoms with Crippen molar-refractivity contribution in [1.29, 1.82) is 5.26 Å². The summed E-state index contributed by atoms with van der Waals surface area (Å²) < 4.78 is 15.1. The number of imidazole rings is 1. The van der Waals surface area contributed by atoms with Crippen LogP contribution in [0.4, 0.5) is 5.69 Å². The molecule has 0 radical (unpaired) electrons. The summed E-state index contributed by atoms with van der Waals surface area (Å²) in [6, 6.07) is 10.6. The second-order valence-corrected chi connectivity index (χ2v) is 10.2. The van der Waals surface area contributed by atoms with Gasteiger partial charge in [0, 0.05) is 58.2 Å². The van der Waals surface area contributed by atoms with Crippen LogP contribution in [0.2, 0.25) is 0 Å². The van der Waals surface area contributed by atoms with E-state index in [-0.39, 0.29) is 30.1 Å². The van der Waals surface area contributed by atoms with Crippen LogP contribution in [0.1, 0.15) is 51.9 Å². The number of rotatable bonds is 4. The number of aromatic nitrogens is 3. The fraction of sp³-hybridized carbons (Fsp3) is 0.500. The minimum Gasteiger partial charge on any atom is -0.449 e. The van der Waals surface area contributed by atoms with Crippen LogP contribution in [-0.2, 0) is 13.5 Å². The molecule has 0 N–H and O–H groups in total. The molecule has 1 saturated heterocycles. The van der Waals surface area contributed by atoms with Gasteiger partial charge in [0.1, 0.15) is 0 Å². The summed E-state index contributed by atoms with van der Waals surface area (Å²) in [7, 11) is 1.72. The highest BCUT2D eigenvalue weighted by Crippen LogP contribution is 2.41. The minimum absolute atomic E-state index is 0.104. The molecule has 1 unspecified atom stereocenters. The second kappa shape index (κ2) is 8.31. The van der Waals surface area contributed by atoms with Crippen molar-refractivity contribution in [3.05, 3.63) is 52.1 Å². The van der Waals surface area contributed by atoms with Gasteiger partial charge in [-0.05, 0) is 38.5 Å². The van der Waals surface area contributed by atoms with Crippen molar-refractivity contribution in [3.8, 4) is 17.6 Å². The van der Waals surface area contributed by atoms with E-state index < -0.39 is 5.79 Å². The highest BCUT2D eigenvalue weighted by atomic mass is 16.7. The lowest BCUT2D eigenvalue weighted by Gasteiger charge is -2.47. The summed E-state index contributed by atoms with van der Waals surface area (Å²) >= 11 is 0. The lowest BCUT2D eigenvalue weighted by Crippen LogP contribution is -2.57. The molecule has 2 aromatic heterocycles. The highest BCUT2D eigenvalue weighted by Gasteiger charge is 2.36. The van der Waals surface area contributed by atoms with E-state index in [1.54, 1.807) is 23.8 Å². The molecular formula is C26H32N6O3. The smallest absolute Gasteiger partial charge is 0.267 e. The fourth-order valence-corrected chi connectivity index (χ4v) is 5.30. The van der Waals surface area contributed by atoms with Crippen LogP contribution in [0.3, 0.4) is 0 Å². The van der Waals surface area contributed by atoms with E-state index in [9.17, 15) is 4.79 Å². The first-order valence-electron chi connectivity index (χ1n) is 12.1. The van der Waals surface area contributed by atoms with E-state index in [1.165, 1.54) is 10.2 Å². The summed E-state index contributed by atoms with van der Waals surface area (Å²) in [5.41, 5.74) is 3.26. The van der Waals surface area contributed by atoms with Crippen molar-refractivity contribution < 1.29 is 9.47 Å². The zero-order valence-corrected chi connectivity index (χ0v) is 21.1. The Labute approximate surface area is 205 Å². The third-order valence-electron chi connectivity index (χ3n) is 7.13. The van der Waals surface area contributed by atoms with Gasteiger partial charge in [0.15, 0.2) is 17.1 Å². The molecule has 0 aliphatic carbocycles. The average Bonchev–Trinajstić information content (AvgIpc) is 3.36. The predicted molar refractivity (Wildman–Crippen MR) is 133 cm³/mol. The summed E-state index contributed by atoms with van der Waals surface area (Å²) in [5.74, 6) is 0.923. The molecule has 0 bridgehead atoms. The van der Waals surface area contributed by atoms with Crippen molar-refractivity contribution in [2.24, 2.45) is 7.05 Å². The van der Waals surface area contributed by atoms with Crippen molar-refractivity contribution in [2.45, 2.75) is 65.0 Å². The number of nitrogens with zero attached hydrogens (tertiary/aromatic N) is 6. The van der Waals surface area contributed by atoms with Crippen molar-refractivity contribution in [2.75, 3.05) is 18.0 Å². The zero-order chi connectivity index (χ0) is 25.1. The number of anilines is 1. The van der Waals surface area contributed by atoms with E-state index >= 15 is 0 Å². The molecule has 1 fully saturated rings. The number of ether oxygens (including phenoxy) is 2. The molecule has 0 saturated carbocycles. The SMILES string of the molecule is CC(c1ccc2c(c1)OC(C)(C)O2)N1C[C@H](C)N(c2cc(=O)n(C)n3cc(CC#N)nc23)C[C@H]1C. The third-order valence-corrected chi connectivity index (χ3v) is 7.13. The van der Waals surface area contributed by atoms with Gasteiger partial charge in [0.05, 0.1) is 30.1 Å². The largest absolute Gasteiger partial charge is 0.449 e. The molecule has 184 valence electrons. The number of benzene rings is 1. The molecule has 2 aliphatic heterocycles. The van der Waals surface area contributed by atoms with E-state index in [1.807, 2.05) is 19.9 Å². The first-order valence-corrected chi connectivity index (χ1v) is 12.1.